The summed E-state index contributed by atoms with van der Waals surface area (Å²) in [5, 5.41) is 8.99. The number of amides is 1. The second-order valence-corrected chi connectivity index (χ2v) is 7.39. The van der Waals surface area contributed by atoms with Crippen molar-refractivity contribution in [3.8, 4) is 0 Å². The van der Waals surface area contributed by atoms with Crippen LogP contribution < -0.4 is 0 Å². The van der Waals surface area contributed by atoms with Crippen LogP contribution in [0.5, 0.6) is 0 Å². The molecule has 0 radical (unpaired) electrons. The molecule has 0 atom stereocenters. The van der Waals surface area contributed by atoms with E-state index < -0.39 is 28.3 Å². The molecule has 1 saturated carbocycles. The van der Waals surface area contributed by atoms with Gasteiger partial charge in [0.1, 0.15) is 6.54 Å². The molecule has 0 unspecified atom stereocenters. The van der Waals surface area contributed by atoms with Gasteiger partial charge >= 0.3 is 5.97 Å². The van der Waals surface area contributed by atoms with Gasteiger partial charge in [0.15, 0.2) is 9.84 Å². The van der Waals surface area contributed by atoms with E-state index in [2.05, 4.69) is 0 Å². The fourth-order valence-corrected chi connectivity index (χ4v) is 2.80. The normalized spacial score (nSPS) is 14.8. The molecular weight excluding hydrogens is 318 g/mol. The van der Waals surface area contributed by atoms with E-state index in [-0.39, 0.29) is 21.5 Å². The van der Waals surface area contributed by atoms with Crippen molar-refractivity contribution in [1.82, 2.24) is 4.90 Å². The Morgan fingerprint density at radius 1 is 1.38 bits per heavy atom. The molecule has 6 nitrogen and oxygen atoms in total. The Kier molecular flexibility index (Phi) is 4.25. The standard InChI is InChI=1S/C13H14ClNO5S/c1-21(19,20)9-4-5-11(14)10(6-9)13(18)15(7-12(16)17)8-2-3-8/h4-6,8H,2-3,7H2,1H3,(H,16,17). The van der Waals surface area contributed by atoms with E-state index in [9.17, 15) is 18.0 Å². The summed E-state index contributed by atoms with van der Waals surface area (Å²) in [6.45, 7) is -0.428. The first-order valence-electron chi connectivity index (χ1n) is 6.22. The SMILES string of the molecule is CS(=O)(=O)c1ccc(Cl)c(C(=O)N(CC(=O)O)C2CC2)c1. The number of rotatable bonds is 5. The molecule has 0 aliphatic heterocycles. The van der Waals surface area contributed by atoms with Crippen molar-refractivity contribution in [3.63, 3.8) is 0 Å². The van der Waals surface area contributed by atoms with E-state index in [0.29, 0.717) is 0 Å². The zero-order chi connectivity index (χ0) is 15.8. The third-order valence-electron chi connectivity index (χ3n) is 3.15. The minimum Gasteiger partial charge on any atom is -0.480 e. The lowest BCUT2D eigenvalue weighted by atomic mass is 10.2. The van der Waals surface area contributed by atoms with Crippen LogP contribution in [0.2, 0.25) is 5.02 Å². The summed E-state index contributed by atoms with van der Waals surface area (Å²) in [4.78, 5) is 24.5. The van der Waals surface area contributed by atoms with E-state index in [4.69, 9.17) is 16.7 Å². The third-order valence-corrected chi connectivity index (χ3v) is 4.59. The first kappa shape index (κ1) is 15.8. The number of carboxylic acids is 1. The number of sulfone groups is 1. The van der Waals surface area contributed by atoms with Crippen LogP contribution in [-0.2, 0) is 14.6 Å². The highest BCUT2D eigenvalue weighted by molar-refractivity contribution is 7.90. The average molecular weight is 332 g/mol. The third kappa shape index (κ3) is 3.74. The molecular formula is C13H14ClNO5S. The summed E-state index contributed by atoms with van der Waals surface area (Å²) in [7, 11) is -3.47. The molecule has 2 rings (SSSR count). The number of aliphatic carboxylic acids is 1. The maximum atomic E-state index is 12.4. The van der Waals surface area contributed by atoms with Gasteiger partial charge in [-0.25, -0.2) is 8.42 Å². The Labute approximate surface area is 127 Å². The maximum absolute atomic E-state index is 12.4. The van der Waals surface area contributed by atoms with E-state index in [1.54, 1.807) is 0 Å². The lowest BCUT2D eigenvalue weighted by molar-refractivity contribution is -0.137. The largest absolute Gasteiger partial charge is 0.480 e. The maximum Gasteiger partial charge on any atom is 0.323 e. The molecule has 1 aliphatic carbocycles. The molecule has 1 fully saturated rings. The Balaban J connectivity index is 2.39. The highest BCUT2D eigenvalue weighted by Crippen LogP contribution is 2.30. The number of hydrogen-bond donors (Lipinski definition) is 1. The first-order chi connectivity index (χ1) is 9.70. The van der Waals surface area contributed by atoms with Crippen molar-refractivity contribution in [2.75, 3.05) is 12.8 Å². The second kappa shape index (κ2) is 5.65. The van der Waals surface area contributed by atoms with E-state index in [1.807, 2.05) is 0 Å². The van der Waals surface area contributed by atoms with Crippen molar-refractivity contribution >= 4 is 33.3 Å². The summed E-state index contributed by atoms with van der Waals surface area (Å²) in [5.74, 6) is -1.68. The molecule has 8 heteroatoms. The second-order valence-electron chi connectivity index (χ2n) is 4.97. The fourth-order valence-electron chi connectivity index (χ4n) is 1.95. The Hall–Kier alpha value is -1.60. The molecule has 21 heavy (non-hydrogen) atoms. The summed E-state index contributed by atoms with van der Waals surface area (Å²) < 4.78 is 23.1. The Bertz CT molecular complexity index is 697. The lowest BCUT2D eigenvalue weighted by Gasteiger charge is -2.21. The lowest BCUT2D eigenvalue weighted by Crippen LogP contribution is -2.37. The summed E-state index contributed by atoms with van der Waals surface area (Å²) >= 11 is 5.96. The van der Waals surface area contributed by atoms with Crippen molar-refractivity contribution in [3.05, 3.63) is 28.8 Å². The number of carbonyl (C=O) groups is 2. The van der Waals surface area contributed by atoms with Crippen LogP contribution in [0.15, 0.2) is 23.1 Å². The number of nitrogens with zero attached hydrogens (tertiary/aromatic N) is 1. The molecule has 0 bridgehead atoms. The fraction of sp³-hybridized carbons (Fsp3) is 0.385. The number of carboxylic acid groups (broad SMARTS) is 1. The number of benzene rings is 1. The van der Waals surface area contributed by atoms with Crippen molar-refractivity contribution < 1.29 is 23.1 Å². The molecule has 1 aromatic carbocycles. The van der Waals surface area contributed by atoms with Gasteiger partial charge in [-0.05, 0) is 31.0 Å². The van der Waals surface area contributed by atoms with Crippen LogP contribution in [0.1, 0.15) is 23.2 Å². The summed E-state index contributed by atoms with van der Waals surface area (Å²) in [6, 6.07) is 3.72. The molecule has 0 spiro atoms. The molecule has 0 heterocycles. The molecule has 1 N–H and O–H groups in total. The van der Waals surface area contributed by atoms with Gasteiger partial charge in [0, 0.05) is 12.3 Å². The van der Waals surface area contributed by atoms with Gasteiger partial charge in [0.25, 0.3) is 5.91 Å². The number of hydrogen-bond acceptors (Lipinski definition) is 4. The van der Waals surface area contributed by atoms with Gasteiger partial charge in [-0.1, -0.05) is 11.6 Å². The number of halogens is 1. The van der Waals surface area contributed by atoms with Gasteiger partial charge in [0.2, 0.25) is 0 Å². The highest BCUT2D eigenvalue weighted by Gasteiger charge is 2.35. The van der Waals surface area contributed by atoms with Gasteiger partial charge < -0.3 is 10.0 Å². The molecule has 1 amide bonds. The van der Waals surface area contributed by atoms with Crippen molar-refractivity contribution in [2.24, 2.45) is 0 Å². The monoisotopic (exact) mass is 331 g/mol. The topological polar surface area (TPSA) is 91.8 Å². The van der Waals surface area contributed by atoms with E-state index >= 15 is 0 Å². The molecule has 1 aromatic rings. The molecule has 1 aliphatic rings. The minimum atomic E-state index is -3.47. The predicted octanol–water partition coefficient (Wildman–Crippen LogP) is 1.43. The smallest absolute Gasteiger partial charge is 0.323 e. The van der Waals surface area contributed by atoms with Gasteiger partial charge in [-0.3, -0.25) is 9.59 Å². The minimum absolute atomic E-state index is 0.00717. The highest BCUT2D eigenvalue weighted by atomic mass is 35.5. The molecule has 0 aromatic heterocycles. The van der Waals surface area contributed by atoms with E-state index in [0.717, 1.165) is 19.1 Å². The van der Waals surface area contributed by atoms with Crippen molar-refractivity contribution in [2.45, 2.75) is 23.8 Å². The van der Waals surface area contributed by atoms with Crippen LogP contribution in [0.4, 0.5) is 0 Å². The zero-order valence-electron chi connectivity index (χ0n) is 11.2. The summed E-state index contributed by atoms with van der Waals surface area (Å²) in [5.41, 5.74) is 0.00717. The molecule has 114 valence electrons. The molecule has 0 saturated heterocycles. The van der Waals surface area contributed by atoms with Crippen LogP contribution in [0.3, 0.4) is 0 Å². The van der Waals surface area contributed by atoms with Crippen molar-refractivity contribution in [1.29, 1.82) is 0 Å². The number of carbonyl (C=O) groups excluding carboxylic acids is 1. The quantitative estimate of drug-likeness (QED) is 0.881. The van der Waals surface area contributed by atoms with Gasteiger partial charge in [0.05, 0.1) is 15.5 Å². The van der Waals surface area contributed by atoms with Crippen LogP contribution in [0, 0.1) is 0 Å². The average Bonchev–Trinajstić information content (AvgIpc) is 3.18. The van der Waals surface area contributed by atoms with Crippen LogP contribution >= 0.6 is 11.6 Å². The van der Waals surface area contributed by atoms with Crippen LogP contribution in [0.25, 0.3) is 0 Å². The summed E-state index contributed by atoms with van der Waals surface area (Å²) in [6.07, 6.45) is 2.51. The van der Waals surface area contributed by atoms with Gasteiger partial charge in [-0.15, -0.1) is 0 Å². The Morgan fingerprint density at radius 3 is 2.48 bits per heavy atom. The van der Waals surface area contributed by atoms with E-state index in [1.165, 1.54) is 23.1 Å². The zero-order valence-corrected chi connectivity index (χ0v) is 12.8. The van der Waals surface area contributed by atoms with Crippen LogP contribution in [-0.4, -0.2) is 49.1 Å². The first-order valence-corrected chi connectivity index (χ1v) is 8.49. The Morgan fingerprint density at radius 2 is 2.00 bits per heavy atom. The van der Waals surface area contributed by atoms with Gasteiger partial charge in [-0.2, -0.15) is 0 Å². The predicted molar refractivity (Wildman–Crippen MR) is 76.3 cm³/mol.